The topological polar surface area (TPSA) is 109 Å². The Bertz CT molecular complexity index is 947. The average Bonchev–Trinajstić information content (AvgIpc) is 3.52. The van der Waals surface area contributed by atoms with Crippen LogP contribution in [0, 0.1) is 6.92 Å². The zero-order valence-electron chi connectivity index (χ0n) is 15.9. The molecule has 1 aliphatic carbocycles. The fourth-order valence-corrected chi connectivity index (χ4v) is 2.79. The van der Waals surface area contributed by atoms with Gasteiger partial charge in [-0.05, 0) is 43.5 Å². The van der Waals surface area contributed by atoms with Crippen molar-refractivity contribution in [1.29, 1.82) is 0 Å². The molecular formula is C21H23N5O2. The molecule has 1 fully saturated rings. The second-order valence-corrected chi connectivity index (χ2v) is 6.63. The normalized spacial score (nSPS) is 14.5. The molecule has 3 rings (SSSR count). The third kappa shape index (κ3) is 4.43. The molecule has 0 bridgehead atoms. The quantitative estimate of drug-likeness (QED) is 0.407. The Morgan fingerprint density at radius 2 is 1.82 bits per heavy atom. The molecule has 0 radical (unpaired) electrons. The van der Waals surface area contributed by atoms with Crippen molar-refractivity contribution in [2.75, 3.05) is 7.05 Å². The van der Waals surface area contributed by atoms with E-state index in [9.17, 15) is 9.59 Å². The molecule has 0 atom stereocenters. The number of amides is 2. The van der Waals surface area contributed by atoms with Crippen molar-refractivity contribution < 1.29 is 9.59 Å². The highest BCUT2D eigenvalue weighted by molar-refractivity contribution is 6.70. The van der Waals surface area contributed by atoms with Crippen molar-refractivity contribution in [3.63, 3.8) is 0 Å². The van der Waals surface area contributed by atoms with E-state index < -0.39 is 0 Å². The number of hydrazone groups is 1. The Balaban J connectivity index is 2.02. The first-order valence-electron chi connectivity index (χ1n) is 9.09. The minimum absolute atomic E-state index is 0.0751. The number of hydrogen-bond donors (Lipinski definition) is 3. The van der Waals surface area contributed by atoms with E-state index in [1.54, 1.807) is 25.2 Å². The van der Waals surface area contributed by atoms with Crippen LogP contribution in [0.4, 0.5) is 5.69 Å². The minimum atomic E-state index is -0.341. The van der Waals surface area contributed by atoms with Gasteiger partial charge in [-0.3, -0.25) is 9.59 Å². The van der Waals surface area contributed by atoms with E-state index in [1.165, 1.54) is 0 Å². The number of carbonyl (C=O) groups excluding carboxylic acids is 2. The molecule has 0 aromatic heterocycles. The number of nitrogens with one attached hydrogen (secondary N) is 2. The predicted molar refractivity (Wildman–Crippen MR) is 110 cm³/mol. The van der Waals surface area contributed by atoms with Gasteiger partial charge in [-0.25, -0.2) is 4.99 Å². The first-order valence-corrected chi connectivity index (χ1v) is 9.09. The molecule has 2 amide bonds. The van der Waals surface area contributed by atoms with Crippen molar-refractivity contribution >= 4 is 28.9 Å². The van der Waals surface area contributed by atoms with Crippen LogP contribution in [0.2, 0.25) is 0 Å². The van der Waals surface area contributed by atoms with Gasteiger partial charge < -0.3 is 16.5 Å². The highest BCUT2D eigenvalue weighted by Crippen LogP contribution is 2.21. The summed E-state index contributed by atoms with van der Waals surface area (Å²) in [4.78, 5) is 29.2. The van der Waals surface area contributed by atoms with Gasteiger partial charge >= 0.3 is 0 Å². The maximum Gasteiger partial charge on any atom is 0.274 e. The van der Waals surface area contributed by atoms with Crippen molar-refractivity contribution in [2.45, 2.75) is 25.8 Å². The molecule has 4 N–H and O–H groups in total. The van der Waals surface area contributed by atoms with Gasteiger partial charge in [0.15, 0.2) is 5.71 Å². The summed E-state index contributed by atoms with van der Waals surface area (Å²) in [7, 11) is 1.59. The Morgan fingerprint density at radius 3 is 2.39 bits per heavy atom. The molecule has 1 aliphatic rings. The van der Waals surface area contributed by atoms with E-state index in [1.807, 2.05) is 37.3 Å². The van der Waals surface area contributed by atoms with Crippen molar-refractivity contribution in [2.24, 2.45) is 15.9 Å². The number of nitrogens with zero attached hydrogens (tertiary/aromatic N) is 2. The van der Waals surface area contributed by atoms with Gasteiger partial charge in [0, 0.05) is 24.2 Å². The summed E-state index contributed by atoms with van der Waals surface area (Å²) >= 11 is 0. The Labute approximate surface area is 163 Å². The molecule has 2 aromatic carbocycles. The summed E-state index contributed by atoms with van der Waals surface area (Å²) < 4.78 is 0. The standard InChI is InChI=1S/C21H23N5O2/c1-13-12-16(10-11-17(13)20(27)23-2)24-18(14-6-4-3-5-7-14)19(26-22)21(28)25-15-8-9-15/h3-7,10-12,15H,8-9,22H2,1-2H3,(H,23,27)(H,25,28). The zero-order chi connectivity index (χ0) is 20.1. The van der Waals surface area contributed by atoms with Crippen LogP contribution in [0.1, 0.15) is 34.3 Å². The predicted octanol–water partition coefficient (Wildman–Crippen LogP) is 2.07. The summed E-state index contributed by atoms with van der Waals surface area (Å²) in [5.41, 5.74) is 3.14. The maximum atomic E-state index is 12.6. The fourth-order valence-electron chi connectivity index (χ4n) is 2.79. The number of benzene rings is 2. The van der Waals surface area contributed by atoms with Crippen molar-refractivity contribution in [3.8, 4) is 0 Å². The lowest BCUT2D eigenvalue weighted by molar-refractivity contribution is -0.114. The number of hydrogen-bond acceptors (Lipinski definition) is 5. The summed E-state index contributed by atoms with van der Waals surface area (Å²) in [6.45, 7) is 1.84. The number of nitrogens with two attached hydrogens (primary N) is 1. The van der Waals surface area contributed by atoms with E-state index in [0.29, 0.717) is 17.0 Å². The summed E-state index contributed by atoms with van der Waals surface area (Å²) in [6, 6.07) is 14.7. The lowest BCUT2D eigenvalue weighted by atomic mass is 10.0. The van der Waals surface area contributed by atoms with Crippen LogP contribution >= 0.6 is 0 Å². The highest BCUT2D eigenvalue weighted by atomic mass is 16.2. The second-order valence-electron chi connectivity index (χ2n) is 6.63. The Hall–Kier alpha value is -3.48. The van der Waals surface area contributed by atoms with Crippen molar-refractivity contribution in [1.82, 2.24) is 10.6 Å². The SMILES string of the molecule is CNC(=O)c1ccc(N=C(C(=NN)C(=O)NC2CC2)c2ccccc2)cc1C. The van der Waals surface area contributed by atoms with Gasteiger partial charge in [0.1, 0.15) is 5.71 Å². The molecule has 0 heterocycles. The third-order valence-electron chi connectivity index (χ3n) is 4.45. The molecule has 7 heteroatoms. The molecule has 0 aliphatic heterocycles. The molecule has 0 saturated heterocycles. The Kier molecular flexibility index (Phi) is 5.84. The van der Waals surface area contributed by atoms with E-state index in [4.69, 9.17) is 5.84 Å². The molecule has 28 heavy (non-hydrogen) atoms. The van der Waals surface area contributed by atoms with Gasteiger partial charge in [-0.1, -0.05) is 30.3 Å². The fraction of sp³-hybridized carbons (Fsp3) is 0.238. The lowest BCUT2D eigenvalue weighted by Gasteiger charge is -2.11. The molecule has 0 unspecified atom stereocenters. The zero-order valence-corrected chi connectivity index (χ0v) is 15.9. The smallest absolute Gasteiger partial charge is 0.274 e. The molecule has 144 valence electrons. The summed E-state index contributed by atoms with van der Waals surface area (Å²) in [5.74, 6) is 5.06. The van der Waals surface area contributed by atoms with Gasteiger partial charge in [0.2, 0.25) is 0 Å². The highest BCUT2D eigenvalue weighted by Gasteiger charge is 2.28. The van der Waals surface area contributed by atoms with Crippen LogP contribution in [0.15, 0.2) is 58.6 Å². The average molecular weight is 377 g/mol. The van der Waals surface area contributed by atoms with E-state index in [2.05, 4.69) is 20.7 Å². The van der Waals surface area contributed by atoms with Gasteiger partial charge in [0.05, 0.1) is 5.69 Å². The largest absolute Gasteiger partial charge is 0.355 e. The molecule has 1 saturated carbocycles. The molecule has 0 spiro atoms. The maximum absolute atomic E-state index is 12.6. The van der Waals surface area contributed by atoms with Crippen LogP contribution in [-0.2, 0) is 4.79 Å². The Morgan fingerprint density at radius 1 is 1.11 bits per heavy atom. The van der Waals surface area contributed by atoms with Crippen LogP contribution in [0.5, 0.6) is 0 Å². The molecule has 2 aromatic rings. The molecule has 7 nitrogen and oxygen atoms in total. The number of aryl methyl sites for hydroxylation is 1. The first-order chi connectivity index (χ1) is 13.5. The first kappa shape index (κ1) is 19.3. The van der Waals surface area contributed by atoms with E-state index >= 15 is 0 Å². The summed E-state index contributed by atoms with van der Waals surface area (Å²) in [5, 5.41) is 9.24. The number of aliphatic imine (C=N–C) groups is 1. The van der Waals surface area contributed by atoms with Crippen LogP contribution in [-0.4, -0.2) is 36.3 Å². The molecular weight excluding hydrogens is 354 g/mol. The lowest BCUT2D eigenvalue weighted by Crippen LogP contribution is -2.38. The van der Waals surface area contributed by atoms with Gasteiger partial charge in [-0.15, -0.1) is 0 Å². The monoisotopic (exact) mass is 377 g/mol. The van der Waals surface area contributed by atoms with Gasteiger partial charge in [-0.2, -0.15) is 5.10 Å². The van der Waals surface area contributed by atoms with Crippen LogP contribution in [0.25, 0.3) is 0 Å². The minimum Gasteiger partial charge on any atom is -0.355 e. The second kappa shape index (κ2) is 8.47. The van der Waals surface area contributed by atoms with Crippen molar-refractivity contribution in [3.05, 3.63) is 65.2 Å². The van der Waals surface area contributed by atoms with Crippen LogP contribution in [0.3, 0.4) is 0 Å². The van der Waals surface area contributed by atoms with E-state index in [-0.39, 0.29) is 23.6 Å². The van der Waals surface area contributed by atoms with Crippen LogP contribution < -0.4 is 16.5 Å². The van der Waals surface area contributed by atoms with E-state index in [0.717, 1.165) is 24.0 Å². The van der Waals surface area contributed by atoms with Gasteiger partial charge in [0.25, 0.3) is 11.8 Å². The summed E-state index contributed by atoms with van der Waals surface area (Å²) in [6.07, 6.45) is 1.92. The number of rotatable bonds is 6. The number of carbonyl (C=O) groups is 2. The third-order valence-corrected chi connectivity index (χ3v) is 4.45.